The molecule has 3 rings (SSSR count). The molecular weight excluding hydrogens is 268 g/mol. The Morgan fingerprint density at radius 3 is 2.86 bits per heavy atom. The van der Waals surface area contributed by atoms with Crippen LogP contribution >= 0.6 is 0 Å². The zero-order chi connectivity index (χ0) is 14.8. The molecule has 0 radical (unpaired) electrons. The standard InChI is InChI=1S/C15H20N4O2/c1-9-7-13(21-19-9)15(20)16-8-14-17-10(2)11-5-3-4-6-12(11)18-14/h13H,3-8H2,1-2H3,(H,16,20). The lowest BCUT2D eigenvalue weighted by Crippen LogP contribution is -2.34. The third kappa shape index (κ3) is 3.04. The molecule has 2 aliphatic rings. The van der Waals surface area contributed by atoms with E-state index in [2.05, 4.69) is 20.4 Å². The van der Waals surface area contributed by atoms with Gasteiger partial charge in [-0.1, -0.05) is 5.16 Å². The molecule has 1 aromatic rings. The highest BCUT2D eigenvalue weighted by Crippen LogP contribution is 2.21. The van der Waals surface area contributed by atoms with Crippen molar-refractivity contribution in [2.24, 2.45) is 5.16 Å². The van der Waals surface area contributed by atoms with Crippen LogP contribution in [0.25, 0.3) is 0 Å². The highest BCUT2D eigenvalue weighted by Gasteiger charge is 2.26. The van der Waals surface area contributed by atoms with E-state index in [-0.39, 0.29) is 5.91 Å². The van der Waals surface area contributed by atoms with E-state index in [1.165, 1.54) is 18.4 Å². The average Bonchev–Trinajstić information content (AvgIpc) is 2.91. The Bertz CT molecular complexity index is 598. The fourth-order valence-electron chi connectivity index (χ4n) is 2.84. The molecule has 0 aromatic carbocycles. The van der Waals surface area contributed by atoms with Crippen molar-refractivity contribution in [1.82, 2.24) is 15.3 Å². The van der Waals surface area contributed by atoms with Crippen molar-refractivity contribution in [3.05, 3.63) is 22.8 Å². The van der Waals surface area contributed by atoms with Gasteiger partial charge in [0.15, 0.2) is 0 Å². The lowest BCUT2D eigenvalue weighted by molar-refractivity contribution is -0.131. The fraction of sp³-hybridized carbons (Fsp3) is 0.600. The van der Waals surface area contributed by atoms with E-state index >= 15 is 0 Å². The van der Waals surface area contributed by atoms with Gasteiger partial charge in [-0.2, -0.15) is 0 Å². The lowest BCUT2D eigenvalue weighted by atomic mass is 9.95. The SMILES string of the molecule is CC1=NOC(C(=O)NCc2nc(C)c3c(n2)CCCC3)C1. The Morgan fingerprint density at radius 1 is 1.29 bits per heavy atom. The lowest BCUT2D eigenvalue weighted by Gasteiger charge is -2.17. The van der Waals surface area contributed by atoms with E-state index in [1.807, 2.05) is 13.8 Å². The first-order valence-electron chi connectivity index (χ1n) is 7.46. The topological polar surface area (TPSA) is 76.5 Å². The second-order valence-electron chi connectivity index (χ2n) is 5.70. The molecule has 0 spiro atoms. The number of oxime groups is 1. The second kappa shape index (κ2) is 5.79. The number of hydrogen-bond donors (Lipinski definition) is 1. The van der Waals surface area contributed by atoms with Gasteiger partial charge in [-0.05, 0) is 45.1 Å². The van der Waals surface area contributed by atoms with Crippen LogP contribution < -0.4 is 5.32 Å². The van der Waals surface area contributed by atoms with Gasteiger partial charge in [-0.25, -0.2) is 9.97 Å². The van der Waals surface area contributed by atoms with Gasteiger partial charge in [0.05, 0.1) is 12.3 Å². The molecule has 21 heavy (non-hydrogen) atoms. The summed E-state index contributed by atoms with van der Waals surface area (Å²) >= 11 is 0. The highest BCUT2D eigenvalue weighted by atomic mass is 16.6. The number of carbonyl (C=O) groups is 1. The van der Waals surface area contributed by atoms with Crippen LogP contribution in [0.3, 0.4) is 0 Å². The van der Waals surface area contributed by atoms with E-state index < -0.39 is 6.10 Å². The van der Waals surface area contributed by atoms with Crippen molar-refractivity contribution in [1.29, 1.82) is 0 Å². The fourth-order valence-corrected chi connectivity index (χ4v) is 2.84. The number of nitrogens with one attached hydrogen (secondary N) is 1. The first kappa shape index (κ1) is 14.0. The maximum Gasteiger partial charge on any atom is 0.264 e. The molecule has 6 heteroatoms. The zero-order valence-electron chi connectivity index (χ0n) is 12.5. The predicted molar refractivity (Wildman–Crippen MR) is 77.9 cm³/mol. The molecule has 0 bridgehead atoms. The van der Waals surface area contributed by atoms with Crippen LogP contribution in [-0.2, 0) is 29.0 Å². The minimum atomic E-state index is -0.510. The van der Waals surface area contributed by atoms with Gasteiger partial charge in [0, 0.05) is 17.8 Å². The summed E-state index contributed by atoms with van der Waals surface area (Å²) < 4.78 is 0. The Labute approximate surface area is 124 Å². The van der Waals surface area contributed by atoms with Crippen molar-refractivity contribution in [3.63, 3.8) is 0 Å². The van der Waals surface area contributed by atoms with Crippen LogP contribution in [0.15, 0.2) is 5.16 Å². The highest BCUT2D eigenvalue weighted by molar-refractivity contribution is 5.91. The summed E-state index contributed by atoms with van der Waals surface area (Å²) in [7, 11) is 0. The molecule has 1 unspecified atom stereocenters. The summed E-state index contributed by atoms with van der Waals surface area (Å²) in [5.74, 6) is 0.520. The number of hydrogen-bond acceptors (Lipinski definition) is 5. The van der Waals surface area contributed by atoms with Crippen molar-refractivity contribution in [2.45, 2.75) is 58.6 Å². The number of amides is 1. The van der Waals surface area contributed by atoms with Gasteiger partial charge in [-0.3, -0.25) is 4.79 Å². The van der Waals surface area contributed by atoms with Gasteiger partial charge in [0.1, 0.15) is 5.82 Å². The van der Waals surface area contributed by atoms with Crippen molar-refractivity contribution in [2.75, 3.05) is 0 Å². The van der Waals surface area contributed by atoms with Crippen LogP contribution in [0, 0.1) is 6.92 Å². The summed E-state index contributed by atoms with van der Waals surface area (Å²) in [6.07, 6.45) is 4.52. The molecule has 0 fully saturated rings. The number of rotatable bonds is 3. The monoisotopic (exact) mass is 288 g/mol. The molecule has 0 saturated carbocycles. The van der Waals surface area contributed by atoms with Crippen molar-refractivity contribution < 1.29 is 9.63 Å². The summed E-state index contributed by atoms with van der Waals surface area (Å²) in [6, 6.07) is 0. The third-order valence-corrected chi connectivity index (χ3v) is 3.97. The van der Waals surface area contributed by atoms with E-state index in [0.717, 1.165) is 29.9 Å². The number of nitrogens with zero attached hydrogens (tertiary/aromatic N) is 3. The molecule has 1 amide bonds. The number of aromatic nitrogens is 2. The maximum absolute atomic E-state index is 12.0. The molecule has 0 saturated heterocycles. The average molecular weight is 288 g/mol. The Hall–Kier alpha value is -1.98. The van der Waals surface area contributed by atoms with E-state index in [1.54, 1.807) is 0 Å². The minimum absolute atomic E-state index is 0.158. The third-order valence-electron chi connectivity index (χ3n) is 3.97. The molecule has 112 valence electrons. The molecule has 1 N–H and O–H groups in total. The van der Waals surface area contributed by atoms with Crippen LogP contribution in [0.4, 0.5) is 0 Å². The smallest absolute Gasteiger partial charge is 0.264 e. The van der Waals surface area contributed by atoms with Crippen LogP contribution in [0.1, 0.15) is 49.0 Å². The number of carbonyl (C=O) groups excluding carboxylic acids is 1. The molecular formula is C15H20N4O2. The first-order valence-corrected chi connectivity index (χ1v) is 7.46. The second-order valence-corrected chi connectivity index (χ2v) is 5.70. The Balaban J connectivity index is 1.63. The summed E-state index contributed by atoms with van der Waals surface area (Å²) in [6.45, 7) is 4.21. The Morgan fingerprint density at radius 2 is 2.10 bits per heavy atom. The zero-order valence-corrected chi connectivity index (χ0v) is 12.5. The largest absolute Gasteiger partial charge is 0.382 e. The van der Waals surface area contributed by atoms with Crippen LogP contribution in [0.5, 0.6) is 0 Å². The normalized spacial score (nSPS) is 20.5. The van der Waals surface area contributed by atoms with E-state index in [0.29, 0.717) is 18.8 Å². The molecule has 6 nitrogen and oxygen atoms in total. The molecule has 1 aromatic heterocycles. The predicted octanol–water partition coefficient (Wildman–Crippen LogP) is 1.44. The summed E-state index contributed by atoms with van der Waals surface area (Å²) in [4.78, 5) is 26.1. The van der Waals surface area contributed by atoms with Crippen LogP contribution in [0.2, 0.25) is 0 Å². The van der Waals surface area contributed by atoms with Gasteiger partial charge >= 0.3 is 0 Å². The minimum Gasteiger partial charge on any atom is -0.382 e. The van der Waals surface area contributed by atoms with Crippen molar-refractivity contribution in [3.8, 4) is 0 Å². The van der Waals surface area contributed by atoms with E-state index in [4.69, 9.17) is 4.84 Å². The number of fused-ring (bicyclic) bond motifs is 1. The molecule has 1 atom stereocenters. The summed E-state index contributed by atoms with van der Waals surface area (Å²) in [5, 5.41) is 6.62. The maximum atomic E-state index is 12.0. The van der Waals surface area contributed by atoms with Crippen molar-refractivity contribution >= 4 is 11.6 Å². The summed E-state index contributed by atoms with van der Waals surface area (Å²) in [5.41, 5.74) is 4.32. The Kier molecular flexibility index (Phi) is 3.86. The van der Waals surface area contributed by atoms with Crippen LogP contribution in [-0.4, -0.2) is 27.7 Å². The van der Waals surface area contributed by atoms with E-state index in [9.17, 15) is 4.79 Å². The quantitative estimate of drug-likeness (QED) is 0.913. The van der Waals surface area contributed by atoms with Gasteiger partial charge in [-0.15, -0.1) is 0 Å². The van der Waals surface area contributed by atoms with Gasteiger partial charge < -0.3 is 10.2 Å². The first-order chi connectivity index (χ1) is 10.1. The number of aryl methyl sites for hydroxylation is 2. The molecule has 1 aliphatic heterocycles. The van der Waals surface area contributed by atoms with Gasteiger partial charge in [0.25, 0.3) is 5.91 Å². The van der Waals surface area contributed by atoms with Gasteiger partial charge in [0.2, 0.25) is 6.10 Å². The molecule has 1 aliphatic carbocycles. The molecule has 2 heterocycles.